The van der Waals surface area contributed by atoms with E-state index < -0.39 is 0 Å². The van der Waals surface area contributed by atoms with Gasteiger partial charge in [0.2, 0.25) is 5.16 Å². The third kappa shape index (κ3) is 2.47. The number of fused-ring (bicyclic) bond motifs is 1. The van der Waals surface area contributed by atoms with Crippen LogP contribution >= 0.6 is 34.7 Å². The number of halogens is 1. The molecule has 4 rings (SSSR count). The molecule has 0 unspecified atom stereocenters. The van der Waals surface area contributed by atoms with Crippen molar-refractivity contribution in [2.45, 2.75) is 12.1 Å². The molecule has 0 radical (unpaired) electrons. The topological polar surface area (TPSA) is 43.1 Å². The molecule has 0 amide bonds. The Morgan fingerprint density at radius 3 is 2.64 bits per heavy atom. The van der Waals surface area contributed by atoms with Gasteiger partial charge in [-0.15, -0.1) is 21.5 Å². The van der Waals surface area contributed by atoms with E-state index in [1.54, 1.807) is 23.1 Å². The smallest absolute Gasteiger partial charge is 0.186 e. The van der Waals surface area contributed by atoms with Crippen LogP contribution < -0.4 is 0 Å². The van der Waals surface area contributed by atoms with Gasteiger partial charge in [0, 0.05) is 11.3 Å². The van der Waals surface area contributed by atoms with Crippen LogP contribution in [0.15, 0.2) is 46.7 Å². The molecule has 1 aliphatic rings. The van der Waals surface area contributed by atoms with E-state index in [0.29, 0.717) is 0 Å². The summed E-state index contributed by atoms with van der Waals surface area (Å²) in [6, 6.07) is 12.1. The van der Waals surface area contributed by atoms with E-state index >= 15 is 0 Å². The second kappa shape index (κ2) is 5.53. The molecule has 4 nitrogen and oxygen atoms in total. The minimum Gasteiger partial charge on any atom is -0.186 e. The molecule has 0 bridgehead atoms. The Morgan fingerprint density at radius 2 is 1.91 bits per heavy atom. The quantitative estimate of drug-likeness (QED) is 0.693. The van der Waals surface area contributed by atoms with Crippen LogP contribution in [-0.4, -0.2) is 26.3 Å². The number of nitrogens with zero attached hydrogens (tertiary/aromatic N) is 4. The van der Waals surface area contributed by atoms with Crippen LogP contribution in [0.4, 0.5) is 0 Å². The number of thiophene rings is 1. The summed E-state index contributed by atoms with van der Waals surface area (Å²) in [4.78, 5) is 1.09. The fourth-order valence-corrected chi connectivity index (χ4v) is 4.14. The summed E-state index contributed by atoms with van der Waals surface area (Å²) >= 11 is 9.21. The monoisotopic (exact) mass is 346 g/mol. The van der Waals surface area contributed by atoms with E-state index in [2.05, 4.69) is 29.3 Å². The molecule has 1 aromatic carbocycles. The minimum atomic E-state index is 0.766. The van der Waals surface area contributed by atoms with Gasteiger partial charge in [-0.3, -0.25) is 0 Å². The van der Waals surface area contributed by atoms with Gasteiger partial charge in [0.15, 0.2) is 5.82 Å². The van der Waals surface area contributed by atoms with Gasteiger partial charge in [-0.2, -0.15) is 9.78 Å². The lowest BCUT2D eigenvalue weighted by atomic mass is 10.1. The van der Waals surface area contributed by atoms with Crippen molar-refractivity contribution < 1.29 is 0 Å². The van der Waals surface area contributed by atoms with Crippen molar-refractivity contribution in [3.63, 3.8) is 0 Å². The van der Waals surface area contributed by atoms with E-state index in [4.69, 9.17) is 16.7 Å². The van der Waals surface area contributed by atoms with Gasteiger partial charge in [-0.1, -0.05) is 53.2 Å². The highest BCUT2D eigenvalue weighted by atomic mass is 35.5. The SMILES string of the molecule is Cc1ccc(-c2nnc3n2N=C(c2ccc(Cl)s2)CS3)cc1. The Kier molecular flexibility index (Phi) is 3.52. The number of hydrogen-bond acceptors (Lipinski definition) is 5. The fraction of sp³-hybridized carbons (Fsp3) is 0.133. The zero-order valence-corrected chi connectivity index (χ0v) is 14.0. The molecule has 0 saturated carbocycles. The van der Waals surface area contributed by atoms with Gasteiger partial charge in [-0.05, 0) is 19.1 Å². The predicted molar refractivity (Wildman–Crippen MR) is 92.2 cm³/mol. The summed E-state index contributed by atoms with van der Waals surface area (Å²) in [5.41, 5.74) is 3.23. The summed E-state index contributed by atoms with van der Waals surface area (Å²) in [7, 11) is 0. The second-order valence-corrected chi connectivity index (χ2v) is 7.58. The third-order valence-corrected chi connectivity index (χ3v) is 5.55. The van der Waals surface area contributed by atoms with Gasteiger partial charge >= 0.3 is 0 Å². The molecule has 0 spiro atoms. The van der Waals surface area contributed by atoms with Crippen LogP contribution in [0.25, 0.3) is 11.4 Å². The van der Waals surface area contributed by atoms with Crippen LogP contribution in [0.3, 0.4) is 0 Å². The van der Waals surface area contributed by atoms with E-state index in [-0.39, 0.29) is 0 Å². The van der Waals surface area contributed by atoms with Crippen LogP contribution in [0, 0.1) is 6.92 Å². The Morgan fingerprint density at radius 1 is 1.09 bits per heavy atom. The Labute approximate surface area is 140 Å². The van der Waals surface area contributed by atoms with Crippen molar-refractivity contribution in [3.05, 3.63) is 51.2 Å². The predicted octanol–water partition coefficient (Wildman–Crippen LogP) is 4.33. The van der Waals surface area contributed by atoms with Crippen molar-refractivity contribution in [1.29, 1.82) is 0 Å². The normalized spacial score (nSPS) is 13.8. The first kappa shape index (κ1) is 14.0. The van der Waals surface area contributed by atoms with Crippen molar-refractivity contribution in [1.82, 2.24) is 14.9 Å². The van der Waals surface area contributed by atoms with E-state index in [0.717, 1.165) is 37.2 Å². The van der Waals surface area contributed by atoms with E-state index in [9.17, 15) is 0 Å². The number of aryl methyl sites for hydroxylation is 1. The van der Waals surface area contributed by atoms with Crippen molar-refractivity contribution >= 4 is 40.4 Å². The zero-order chi connectivity index (χ0) is 15.1. The molecule has 0 saturated heterocycles. The molecule has 0 atom stereocenters. The maximum absolute atomic E-state index is 6.03. The number of hydrogen-bond donors (Lipinski definition) is 0. The van der Waals surface area contributed by atoms with Gasteiger partial charge in [0.1, 0.15) is 0 Å². The van der Waals surface area contributed by atoms with Gasteiger partial charge in [-0.25, -0.2) is 0 Å². The minimum absolute atomic E-state index is 0.766. The van der Waals surface area contributed by atoms with E-state index in [1.165, 1.54) is 5.56 Å². The highest BCUT2D eigenvalue weighted by Crippen LogP contribution is 2.31. The molecule has 0 fully saturated rings. The van der Waals surface area contributed by atoms with Crippen LogP contribution in [0.5, 0.6) is 0 Å². The molecule has 1 aliphatic heterocycles. The van der Waals surface area contributed by atoms with Crippen LogP contribution in [0.2, 0.25) is 4.34 Å². The average molecular weight is 347 g/mol. The third-order valence-electron chi connectivity index (χ3n) is 3.34. The first-order valence-electron chi connectivity index (χ1n) is 6.69. The lowest BCUT2D eigenvalue weighted by molar-refractivity contribution is 0.763. The van der Waals surface area contributed by atoms with Gasteiger partial charge in [0.25, 0.3) is 0 Å². The largest absolute Gasteiger partial charge is 0.212 e. The lowest BCUT2D eigenvalue weighted by Gasteiger charge is -2.12. The highest BCUT2D eigenvalue weighted by Gasteiger charge is 2.21. The molecule has 3 heterocycles. The molecule has 22 heavy (non-hydrogen) atoms. The maximum atomic E-state index is 6.03. The molecule has 3 aromatic rings. The highest BCUT2D eigenvalue weighted by molar-refractivity contribution is 7.99. The van der Waals surface area contributed by atoms with Crippen molar-refractivity contribution in [3.8, 4) is 11.4 Å². The summed E-state index contributed by atoms with van der Waals surface area (Å²) < 4.78 is 2.60. The Bertz CT molecular complexity index is 864. The standard InChI is InChI=1S/C15H11ClN4S2/c1-9-2-4-10(5-3-9)14-17-18-15-20(14)19-11(8-21-15)12-6-7-13(16)22-12/h2-7H,8H2,1H3. The molecule has 7 heteroatoms. The first-order valence-corrected chi connectivity index (χ1v) is 8.87. The first-order chi connectivity index (χ1) is 10.7. The summed E-state index contributed by atoms with van der Waals surface area (Å²) in [6.45, 7) is 2.07. The number of aromatic nitrogens is 3. The number of thioether (sulfide) groups is 1. The molecule has 0 aliphatic carbocycles. The lowest BCUT2D eigenvalue weighted by Crippen LogP contribution is -2.12. The summed E-state index contributed by atoms with van der Waals surface area (Å²) in [5.74, 6) is 1.55. The summed E-state index contributed by atoms with van der Waals surface area (Å²) in [6.07, 6.45) is 0. The molecule has 0 N–H and O–H groups in total. The van der Waals surface area contributed by atoms with E-state index in [1.807, 2.05) is 28.9 Å². The molecule has 110 valence electrons. The zero-order valence-electron chi connectivity index (χ0n) is 11.7. The van der Waals surface area contributed by atoms with Crippen LogP contribution in [-0.2, 0) is 0 Å². The fourth-order valence-electron chi connectivity index (χ4n) is 2.20. The van der Waals surface area contributed by atoms with Gasteiger partial charge in [0.05, 0.1) is 14.9 Å². The van der Waals surface area contributed by atoms with Crippen LogP contribution in [0.1, 0.15) is 10.4 Å². The second-order valence-electron chi connectivity index (χ2n) is 4.92. The summed E-state index contributed by atoms with van der Waals surface area (Å²) in [5, 5.41) is 14.1. The molecular weight excluding hydrogens is 336 g/mol. The van der Waals surface area contributed by atoms with Crippen molar-refractivity contribution in [2.75, 3.05) is 5.75 Å². The Balaban J connectivity index is 1.79. The van der Waals surface area contributed by atoms with Crippen molar-refractivity contribution in [2.24, 2.45) is 5.10 Å². The Hall–Kier alpha value is -1.63. The maximum Gasteiger partial charge on any atom is 0.212 e. The number of benzene rings is 1. The molecule has 2 aromatic heterocycles. The molecular formula is C15H11ClN4S2. The average Bonchev–Trinajstić information content (AvgIpc) is 3.14. The number of rotatable bonds is 2. The van der Waals surface area contributed by atoms with Gasteiger partial charge < -0.3 is 0 Å².